The van der Waals surface area contributed by atoms with E-state index in [1.807, 2.05) is 23.6 Å². The number of halogens is 3. The molecule has 1 atom stereocenters. The van der Waals surface area contributed by atoms with Crippen LogP contribution in [-0.2, 0) is 0 Å². The number of phenolic OH excluding ortho intramolecular Hbond substituents is 1. The molecule has 0 unspecified atom stereocenters. The van der Waals surface area contributed by atoms with Gasteiger partial charge in [-0.15, -0.1) is 12.4 Å². The molecule has 1 aromatic carbocycles. The van der Waals surface area contributed by atoms with Gasteiger partial charge in [-0.25, -0.2) is 0 Å². The summed E-state index contributed by atoms with van der Waals surface area (Å²) in [5.41, 5.74) is 8.31. The van der Waals surface area contributed by atoms with Gasteiger partial charge in [0.1, 0.15) is 5.75 Å². The molecule has 2 aromatic rings. The maximum atomic E-state index is 9.69. The van der Waals surface area contributed by atoms with Crippen molar-refractivity contribution in [3.63, 3.8) is 0 Å². The fourth-order valence-corrected chi connectivity index (χ4v) is 3.92. The van der Waals surface area contributed by atoms with Crippen LogP contribution in [0.3, 0.4) is 0 Å². The van der Waals surface area contributed by atoms with Crippen LogP contribution in [0, 0.1) is 7.14 Å². The highest BCUT2D eigenvalue weighted by Gasteiger charge is 2.13. The Morgan fingerprint density at radius 1 is 1.18 bits per heavy atom. The standard InChI is InChI=1S/C11H9I2NOS.ClH/c12-8-3-7(4-9(13)11(8)15)10(14)6-1-2-16-5-6;/h1-5,10,15H,14H2;1H/t10-;/m1./s1. The molecular weight excluding hydrogens is 483 g/mol. The smallest absolute Gasteiger partial charge is 0.142 e. The second-order valence-electron chi connectivity index (χ2n) is 3.37. The van der Waals surface area contributed by atoms with Crippen molar-refractivity contribution in [2.24, 2.45) is 5.73 Å². The molecular formula is C11H10ClI2NOS. The van der Waals surface area contributed by atoms with Crippen molar-refractivity contribution in [3.8, 4) is 5.75 Å². The number of nitrogens with two attached hydrogens (primary N) is 1. The summed E-state index contributed by atoms with van der Waals surface area (Å²) in [6.45, 7) is 0. The van der Waals surface area contributed by atoms with Crippen LogP contribution in [0.4, 0.5) is 0 Å². The second-order valence-corrected chi connectivity index (χ2v) is 6.47. The molecule has 0 saturated heterocycles. The van der Waals surface area contributed by atoms with E-state index >= 15 is 0 Å². The van der Waals surface area contributed by atoms with Crippen LogP contribution in [0.5, 0.6) is 5.75 Å². The van der Waals surface area contributed by atoms with E-state index in [1.165, 1.54) is 0 Å². The highest BCUT2D eigenvalue weighted by molar-refractivity contribution is 14.1. The number of thiophene rings is 1. The Labute approximate surface area is 137 Å². The first-order valence-corrected chi connectivity index (χ1v) is 7.65. The van der Waals surface area contributed by atoms with E-state index in [0.29, 0.717) is 5.75 Å². The van der Waals surface area contributed by atoms with Gasteiger partial charge in [0.2, 0.25) is 0 Å². The Balaban J connectivity index is 0.00000144. The fraction of sp³-hybridized carbons (Fsp3) is 0.0909. The summed E-state index contributed by atoms with van der Waals surface area (Å²) in [6, 6.07) is 5.77. The van der Waals surface area contributed by atoms with Gasteiger partial charge >= 0.3 is 0 Å². The number of rotatable bonds is 2. The van der Waals surface area contributed by atoms with Gasteiger partial charge in [-0.1, -0.05) is 0 Å². The lowest BCUT2D eigenvalue weighted by atomic mass is 10.0. The van der Waals surface area contributed by atoms with Gasteiger partial charge in [-0.05, 0) is 85.3 Å². The molecule has 3 N–H and O–H groups in total. The fourth-order valence-electron chi connectivity index (χ4n) is 1.41. The normalized spacial score (nSPS) is 11.9. The largest absolute Gasteiger partial charge is 0.506 e. The monoisotopic (exact) mass is 493 g/mol. The molecule has 0 aliphatic heterocycles. The van der Waals surface area contributed by atoms with Crippen LogP contribution < -0.4 is 5.73 Å². The van der Waals surface area contributed by atoms with Crippen LogP contribution in [-0.4, -0.2) is 5.11 Å². The van der Waals surface area contributed by atoms with E-state index in [-0.39, 0.29) is 18.4 Å². The molecule has 0 aliphatic rings. The lowest BCUT2D eigenvalue weighted by molar-refractivity contribution is 0.467. The van der Waals surface area contributed by atoms with Crippen LogP contribution in [0.25, 0.3) is 0 Å². The van der Waals surface area contributed by atoms with E-state index in [2.05, 4.69) is 50.6 Å². The molecule has 2 nitrogen and oxygen atoms in total. The summed E-state index contributed by atoms with van der Waals surface area (Å²) >= 11 is 5.88. The summed E-state index contributed by atoms with van der Waals surface area (Å²) < 4.78 is 1.68. The Hall–Kier alpha value is 0.430. The van der Waals surface area contributed by atoms with Crippen molar-refractivity contribution in [3.05, 3.63) is 47.2 Å². The molecule has 1 aromatic heterocycles. The van der Waals surface area contributed by atoms with Crippen LogP contribution in [0.2, 0.25) is 0 Å². The Bertz CT molecular complexity index is 481. The molecule has 0 saturated carbocycles. The minimum Gasteiger partial charge on any atom is -0.506 e. The Kier molecular flexibility index (Phi) is 5.97. The predicted molar refractivity (Wildman–Crippen MR) is 91.1 cm³/mol. The third-order valence-corrected chi connectivity index (χ3v) is 4.65. The molecule has 6 heteroatoms. The van der Waals surface area contributed by atoms with E-state index < -0.39 is 0 Å². The van der Waals surface area contributed by atoms with E-state index in [0.717, 1.165) is 18.3 Å². The molecule has 0 spiro atoms. The molecule has 0 amide bonds. The predicted octanol–water partition coefficient (Wildman–Crippen LogP) is 4.13. The summed E-state index contributed by atoms with van der Waals surface area (Å²) in [6.07, 6.45) is 0. The molecule has 17 heavy (non-hydrogen) atoms. The van der Waals surface area contributed by atoms with Crippen LogP contribution in [0.1, 0.15) is 17.2 Å². The molecule has 0 aliphatic carbocycles. The van der Waals surface area contributed by atoms with Gasteiger partial charge in [0.15, 0.2) is 0 Å². The number of phenols is 1. The summed E-state index contributed by atoms with van der Waals surface area (Å²) in [5.74, 6) is 0.336. The first-order valence-electron chi connectivity index (χ1n) is 4.55. The number of aromatic hydroxyl groups is 1. The number of hydrogen-bond donors (Lipinski definition) is 2. The third kappa shape index (κ3) is 3.46. The second kappa shape index (κ2) is 6.55. The summed E-state index contributed by atoms with van der Waals surface area (Å²) in [5, 5.41) is 13.8. The van der Waals surface area contributed by atoms with Gasteiger partial charge in [0.05, 0.1) is 13.2 Å². The Morgan fingerprint density at radius 3 is 2.24 bits per heavy atom. The maximum absolute atomic E-state index is 9.69. The average molecular weight is 494 g/mol. The first kappa shape index (κ1) is 15.5. The molecule has 1 heterocycles. The quantitative estimate of drug-likeness (QED) is 0.618. The SMILES string of the molecule is Cl.N[C@H](c1ccsc1)c1cc(I)c(O)c(I)c1. The Morgan fingerprint density at radius 2 is 1.76 bits per heavy atom. The number of benzene rings is 1. The molecule has 0 fully saturated rings. The van der Waals surface area contributed by atoms with Crippen molar-refractivity contribution in [1.29, 1.82) is 0 Å². The molecule has 92 valence electrons. The van der Waals surface area contributed by atoms with Crippen molar-refractivity contribution < 1.29 is 5.11 Å². The lowest BCUT2D eigenvalue weighted by Gasteiger charge is -2.12. The van der Waals surface area contributed by atoms with Crippen molar-refractivity contribution >= 4 is 68.9 Å². The van der Waals surface area contributed by atoms with Crippen molar-refractivity contribution in [1.82, 2.24) is 0 Å². The summed E-state index contributed by atoms with van der Waals surface area (Å²) in [4.78, 5) is 0. The number of hydrogen-bond acceptors (Lipinski definition) is 3. The van der Waals surface area contributed by atoms with Gasteiger partial charge < -0.3 is 10.8 Å². The highest BCUT2D eigenvalue weighted by Crippen LogP contribution is 2.31. The lowest BCUT2D eigenvalue weighted by Crippen LogP contribution is -2.11. The van der Waals surface area contributed by atoms with Gasteiger partial charge in [0, 0.05) is 0 Å². The van der Waals surface area contributed by atoms with Crippen molar-refractivity contribution in [2.45, 2.75) is 6.04 Å². The topological polar surface area (TPSA) is 46.2 Å². The minimum absolute atomic E-state index is 0. The van der Waals surface area contributed by atoms with Gasteiger partial charge in [-0.2, -0.15) is 11.3 Å². The van der Waals surface area contributed by atoms with E-state index in [4.69, 9.17) is 5.73 Å². The first-order chi connectivity index (χ1) is 7.59. The van der Waals surface area contributed by atoms with Gasteiger partial charge in [-0.3, -0.25) is 0 Å². The zero-order valence-electron chi connectivity index (χ0n) is 8.56. The highest BCUT2D eigenvalue weighted by atomic mass is 127. The van der Waals surface area contributed by atoms with Crippen LogP contribution >= 0.6 is 68.9 Å². The molecule has 2 rings (SSSR count). The summed E-state index contributed by atoms with van der Waals surface area (Å²) in [7, 11) is 0. The van der Waals surface area contributed by atoms with E-state index in [1.54, 1.807) is 11.3 Å². The molecule has 0 bridgehead atoms. The van der Waals surface area contributed by atoms with Crippen LogP contribution in [0.15, 0.2) is 29.0 Å². The minimum atomic E-state index is -0.117. The van der Waals surface area contributed by atoms with Crippen molar-refractivity contribution in [2.75, 3.05) is 0 Å². The van der Waals surface area contributed by atoms with E-state index in [9.17, 15) is 5.11 Å². The maximum Gasteiger partial charge on any atom is 0.142 e. The van der Waals surface area contributed by atoms with Gasteiger partial charge in [0.25, 0.3) is 0 Å². The zero-order chi connectivity index (χ0) is 11.7. The third-order valence-electron chi connectivity index (χ3n) is 2.30. The average Bonchev–Trinajstić information content (AvgIpc) is 2.77. The zero-order valence-corrected chi connectivity index (χ0v) is 14.5. The molecule has 0 radical (unpaired) electrons.